The second kappa shape index (κ2) is 12.5. The monoisotopic (exact) mass is 590 g/mol. The van der Waals surface area contributed by atoms with Crippen molar-refractivity contribution in [3.05, 3.63) is 53.5 Å². The molecule has 0 bridgehead atoms. The van der Waals surface area contributed by atoms with Crippen LogP contribution in [0.1, 0.15) is 44.1 Å². The molecule has 9 nitrogen and oxygen atoms in total. The lowest BCUT2D eigenvalue weighted by molar-refractivity contribution is -0.274. The third-order valence-electron chi connectivity index (χ3n) is 6.65. The van der Waals surface area contributed by atoms with Gasteiger partial charge in [0.2, 0.25) is 5.95 Å². The number of aryl methyl sites for hydroxylation is 2. The molecule has 0 saturated heterocycles. The predicted molar refractivity (Wildman–Crippen MR) is 153 cm³/mol. The smallest absolute Gasteiger partial charge is 0.406 e. The van der Waals surface area contributed by atoms with Crippen LogP contribution in [-0.2, 0) is 6.54 Å². The summed E-state index contributed by atoms with van der Waals surface area (Å²) in [7, 11) is 0. The summed E-state index contributed by atoms with van der Waals surface area (Å²) < 4.78 is 42.3. The Balaban J connectivity index is 1.63. The molecule has 4 N–H and O–H groups in total. The van der Waals surface area contributed by atoms with E-state index in [1.54, 1.807) is 20.0 Å². The van der Waals surface area contributed by atoms with Gasteiger partial charge in [-0.25, -0.2) is 9.97 Å². The van der Waals surface area contributed by atoms with Gasteiger partial charge in [-0.05, 0) is 64.8 Å². The second-order valence-electron chi connectivity index (χ2n) is 10.1. The van der Waals surface area contributed by atoms with Crippen LogP contribution in [0.15, 0.2) is 36.5 Å². The maximum Gasteiger partial charge on any atom is 0.573 e. The molecule has 0 spiro atoms. The van der Waals surface area contributed by atoms with Gasteiger partial charge in [0.1, 0.15) is 22.1 Å². The number of alkyl halides is 3. The number of pyridine rings is 1. The zero-order chi connectivity index (χ0) is 29.9. The number of hydrogen-bond donors (Lipinski definition) is 4. The first-order valence-corrected chi connectivity index (χ1v) is 13.9. The number of ether oxygens (including phenoxy) is 1. The molecule has 0 radical (unpaired) electrons. The van der Waals surface area contributed by atoms with Crippen molar-refractivity contribution in [2.75, 3.05) is 10.6 Å². The third-order valence-corrected chi connectivity index (χ3v) is 7.69. The van der Waals surface area contributed by atoms with Crippen molar-refractivity contribution in [3.8, 4) is 16.3 Å². The van der Waals surface area contributed by atoms with Gasteiger partial charge in [-0.3, -0.25) is 4.98 Å². The number of hydrogen-bond acceptors (Lipinski definition) is 10. The van der Waals surface area contributed by atoms with Crippen LogP contribution in [0.25, 0.3) is 20.8 Å². The molecule has 3 unspecified atom stereocenters. The van der Waals surface area contributed by atoms with Crippen molar-refractivity contribution in [2.45, 2.75) is 72.2 Å². The van der Waals surface area contributed by atoms with Crippen molar-refractivity contribution in [2.24, 2.45) is 5.92 Å². The highest BCUT2D eigenvalue weighted by atomic mass is 32.1. The zero-order valence-electron chi connectivity index (χ0n) is 23.3. The Bertz CT molecular complexity index is 1470. The van der Waals surface area contributed by atoms with Crippen LogP contribution in [0.5, 0.6) is 5.75 Å². The molecular formula is C28H33F3N6O3S. The quantitative estimate of drug-likeness (QED) is 0.170. The Kier molecular flexibility index (Phi) is 9.30. The minimum atomic E-state index is -4.75. The molecule has 220 valence electrons. The Labute approximate surface area is 239 Å². The normalized spacial score (nSPS) is 14.9. The average molecular weight is 591 g/mol. The van der Waals surface area contributed by atoms with Crippen LogP contribution >= 0.6 is 11.3 Å². The van der Waals surface area contributed by atoms with E-state index in [-0.39, 0.29) is 24.3 Å². The third kappa shape index (κ3) is 7.80. The molecule has 3 aromatic heterocycles. The fraction of sp³-hybridized carbons (Fsp3) is 0.429. The molecule has 0 aliphatic heterocycles. The molecule has 4 rings (SSSR count). The highest BCUT2D eigenvalue weighted by Gasteiger charge is 2.31. The predicted octanol–water partition coefficient (Wildman–Crippen LogP) is 5.84. The molecule has 13 heteroatoms. The Morgan fingerprint density at radius 2 is 1.63 bits per heavy atom. The lowest BCUT2D eigenvalue weighted by Gasteiger charge is -2.27. The van der Waals surface area contributed by atoms with Crippen molar-refractivity contribution in [3.63, 3.8) is 0 Å². The molecule has 4 atom stereocenters. The van der Waals surface area contributed by atoms with E-state index in [9.17, 15) is 23.4 Å². The van der Waals surface area contributed by atoms with Gasteiger partial charge in [0.05, 0.1) is 33.9 Å². The van der Waals surface area contributed by atoms with E-state index in [4.69, 9.17) is 9.97 Å². The van der Waals surface area contributed by atoms with E-state index in [1.165, 1.54) is 35.6 Å². The van der Waals surface area contributed by atoms with Crippen LogP contribution < -0.4 is 15.4 Å². The fourth-order valence-corrected chi connectivity index (χ4v) is 5.70. The van der Waals surface area contributed by atoms with Crippen molar-refractivity contribution >= 4 is 33.3 Å². The average Bonchev–Trinajstić information content (AvgIpc) is 3.30. The number of nitrogens with zero attached hydrogens (tertiary/aromatic N) is 4. The first-order valence-electron chi connectivity index (χ1n) is 13.1. The number of fused-ring (bicyclic) bond motifs is 1. The summed E-state index contributed by atoms with van der Waals surface area (Å²) in [4.78, 5) is 18.6. The van der Waals surface area contributed by atoms with E-state index >= 15 is 0 Å². The summed E-state index contributed by atoms with van der Waals surface area (Å²) in [6.45, 7) is 9.28. The zero-order valence-corrected chi connectivity index (χ0v) is 24.1. The molecule has 3 heterocycles. The van der Waals surface area contributed by atoms with Gasteiger partial charge in [-0.2, -0.15) is 4.98 Å². The van der Waals surface area contributed by atoms with Crippen LogP contribution in [0.3, 0.4) is 0 Å². The molecule has 0 amide bonds. The van der Waals surface area contributed by atoms with Gasteiger partial charge < -0.3 is 25.6 Å². The number of thiazole rings is 1. The highest BCUT2D eigenvalue weighted by molar-refractivity contribution is 7.21. The standard InChI is InChI=1S/C28H33F3N6O3S/c1-14(12-21(17(4)38)18(5)39)34-25-23(26-36-24-16(3)32-11-10-22(24)41-26)15(2)35-27(37-25)33-13-19-6-8-20(9-7-19)40-28(29,30)31/h6-11,14,17-18,21,38-39H,12-13H2,1-5H3,(H2,33,34,35,37)/t14?,17-,18?,21?/m0/s1. The Morgan fingerprint density at radius 3 is 2.24 bits per heavy atom. The summed E-state index contributed by atoms with van der Waals surface area (Å²) in [5.41, 5.74) is 3.71. The maximum atomic E-state index is 12.5. The number of halogens is 3. The molecular weight excluding hydrogens is 557 g/mol. The summed E-state index contributed by atoms with van der Waals surface area (Å²) >= 11 is 1.50. The lowest BCUT2D eigenvalue weighted by Crippen LogP contribution is -2.33. The van der Waals surface area contributed by atoms with Crippen LogP contribution in [0.4, 0.5) is 24.9 Å². The summed E-state index contributed by atoms with van der Waals surface area (Å²) in [5.74, 6) is 0.202. The van der Waals surface area contributed by atoms with E-state index < -0.39 is 18.6 Å². The highest BCUT2D eigenvalue weighted by Crippen LogP contribution is 2.37. The molecule has 0 saturated carbocycles. The number of nitrogens with one attached hydrogen (secondary N) is 2. The van der Waals surface area contributed by atoms with Crippen molar-refractivity contribution in [1.29, 1.82) is 0 Å². The maximum absolute atomic E-state index is 12.5. The fourth-order valence-electron chi connectivity index (χ4n) is 4.59. The van der Waals surface area contributed by atoms with Crippen molar-refractivity contribution in [1.82, 2.24) is 19.9 Å². The number of aromatic nitrogens is 4. The number of rotatable bonds is 11. The van der Waals surface area contributed by atoms with Gasteiger partial charge in [-0.15, -0.1) is 24.5 Å². The second-order valence-corrected chi connectivity index (χ2v) is 11.1. The van der Waals surface area contributed by atoms with Gasteiger partial charge >= 0.3 is 6.36 Å². The molecule has 41 heavy (non-hydrogen) atoms. The largest absolute Gasteiger partial charge is 0.573 e. The number of benzene rings is 1. The Hall–Kier alpha value is -3.55. The van der Waals surface area contributed by atoms with Gasteiger partial charge in [0.15, 0.2) is 0 Å². The number of aliphatic hydroxyl groups is 2. The van der Waals surface area contributed by atoms with E-state index in [0.29, 0.717) is 29.4 Å². The number of aliphatic hydroxyl groups excluding tert-OH is 2. The molecule has 0 fully saturated rings. The van der Waals surface area contributed by atoms with E-state index in [1.807, 2.05) is 26.8 Å². The molecule has 4 aromatic rings. The summed E-state index contributed by atoms with van der Waals surface area (Å²) in [5, 5.41) is 27.6. The van der Waals surface area contributed by atoms with Gasteiger partial charge in [0.25, 0.3) is 0 Å². The number of anilines is 2. The van der Waals surface area contributed by atoms with Crippen LogP contribution in [0.2, 0.25) is 0 Å². The van der Waals surface area contributed by atoms with Gasteiger partial charge in [0, 0.05) is 24.7 Å². The van der Waals surface area contributed by atoms with E-state index in [0.717, 1.165) is 26.5 Å². The van der Waals surface area contributed by atoms with Crippen molar-refractivity contribution < 1.29 is 28.1 Å². The molecule has 0 aliphatic rings. The van der Waals surface area contributed by atoms with Crippen LogP contribution in [-0.4, -0.2) is 54.8 Å². The van der Waals surface area contributed by atoms with Gasteiger partial charge in [-0.1, -0.05) is 12.1 Å². The van der Waals surface area contributed by atoms with Crippen LogP contribution in [0, 0.1) is 19.8 Å². The first kappa shape index (κ1) is 30.4. The van der Waals surface area contributed by atoms with E-state index in [2.05, 4.69) is 25.3 Å². The molecule has 0 aliphatic carbocycles. The topological polar surface area (TPSA) is 125 Å². The Morgan fingerprint density at radius 1 is 0.951 bits per heavy atom. The minimum Gasteiger partial charge on any atom is -0.406 e. The summed E-state index contributed by atoms with van der Waals surface area (Å²) in [6.07, 6.45) is -3.93. The summed E-state index contributed by atoms with van der Waals surface area (Å²) in [6, 6.07) is 7.29. The lowest BCUT2D eigenvalue weighted by atomic mass is 9.91. The SMILES string of the molecule is Cc1nc(NCc2ccc(OC(F)(F)F)cc2)nc(NC(C)CC(C(C)O)[C@H](C)O)c1-c1nc2c(C)nccc2s1. The molecule has 1 aromatic carbocycles. The first-order chi connectivity index (χ1) is 19.3. The minimum absolute atomic E-state index is 0.177.